The van der Waals surface area contributed by atoms with Crippen LogP contribution in [0.2, 0.25) is 0 Å². The molecule has 8 nitrogen and oxygen atoms in total. The Bertz CT molecular complexity index is 766. The zero-order valence-electron chi connectivity index (χ0n) is 12.3. The number of halogens is 1. The van der Waals surface area contributed by atoms with Crippen molar-refractivity contribution in [2.45, 2.75) is 13.8 Å². The van der Waals surface area contributed by atoms with Crippen molar-refractivity contribution in [3.05, 3.63) is 50.4 Å². The molecule has 0 atom stereocenters. The monoisotopic (exact) mass is 381 g/mol. The number of aryl methyl sites for hydroxylation is 1. The molecule has 0 aromatic carbocycles. The Hall–Kier alpha value is -2.55. The van der Waals surface area contributed by atoms with Gasteiger partial charge in [0.2, 0.25) is 0 Å². The number of pyridine rings is 2. The van der Waals surface area contributed by atoms with Crippen molar-refractivity contribution >= 4 is 27.6 Å². The number of nitrogens with zero attached hydrogens (tertiary/aromatic N) is 3. The molecule has 0 bridgehead atoms. The van der Waals surface area contributed by atoms with Gasteiger partial charge >= 0.3 is 17.5 Å². The Morgan fingerprint density at radius 2 is 2.13 bits per heavy atom. The second-order valence-corrected chi connectivity index (χ2v) is 5.08. The van der Waals surface area contributed by atoms with Crippen LogP contribution in [0.1, 0.15) is 23.0 Å². The first-order valence-electron chi connectivity index (χ1n) is 6.55. The van der Waals surface area contributed by atoms with Crippen molar-refractivity contribution in [1.82, 2.24) is 9.97 Å². The molecule has 9 heteroatoms. The van der Waals surface area contributed by atoms with Gasteiger partial charge in [-0.1, -0.05) is 0 Å². The molecule has 2 heterocycles. The highest BCUT2D eigenvalue weighted by molar-refractivity contribution is 9.10. The summed E-state index contributed by atoms with van der Waals surface area (Å²) >= 11 is 3.21. The smallest absolute Gasteiger partial charge is 0.345 e. The Kier molecular flexibility index (Phi) is 5.22. The highest BCUT2D eigenvalue weighted by Crippen LogP contribution is 2.35. The molecular formula is C14H12BrN3O5. The van der Waals surface area contributed by atoms with Gasteiger partial charge in [-0.2, -0.15) is 0 Å². The largest absolute Gasteiger partial charge is 0.462 e. The van der Waals surface area contributed by atoms with Crippen LogP contribution in [0.25, 0.3) is 0 Å². The molecule has 0 saturated heterocycles. The molecule has 0 fully saturated rings. The third-order valence-electron chi connectivity index (χ3n) is 2.73. The standard InChI is InChI=1S/C14H12BrN3O5/c1-3-22-14(19)9-6-7-16-13(11(9)18(20)21)23-10-5-4-8(2)17-12(10)15/h4-7H,3H2,1-2H3. The van der Waals surface area contributed by atoms with E-state index in [-0.39, 0.29) is 23.8 Å². The topological polar surface area (TPSA) is 104 Å². The molecule has 0 aliphatic heterocycles. The normalized spacial score (nSPS) is 10.2. The van der Waals surface area contributed by atoms with Crippen molar-refractivity contribution < 1.29 is 19.2 Å². The summed E-state index contributed by atoms with van der Waals surface area (Å²) in [6.45, 7) is 3.50. The van der Waals surface area contributed by atoms with Crippen molar-refractivity contribution in [3.63, 3.8) is 0 Å². The van der Waals surface area contributed by atoms with Crippen LogP contribution in [0.5, 0.6) is 11.6 Å². The van der Waals surface area contributed by atoms with E-state index in [9.17, 15) is 14.9 Å². The van der Waals surface area contributed by atoms with E-state index in [1.165, 1.54) is 12.3 Å². The lowest BCUT2D eigenvalue weighted by atomic mass is 10.2. The molecule has 2 aromatic heterocycles. The predicted molar refractivity (Wildman–Crippen MR) is 83.6 cm³/mol. The maximum absolute atomic E-state index is 11.9. The molecule has 0 amide bonds. The van der Waals surface area contributed by atoms with Gasteiger partial charge in [-0.3, -0.25) is 10.1 Å². The first-order chi connectivity index (χ1) is 10.9. The maximum Gasteiger partial charge on any atom is 0.345 e. The molecule has 0 unspecified atom stereocenters. The maximum atomic E-state index is 11.9. The van der Waals surface area contributed by atoms with E-state index in [1.54, 1.807) is 26.0 Å². The van der Waals surface area contributed by atoms with Gasteiger partial charge in [-0.05, 0) is 48.0 Å². The van der Waals surface area contributed by atoms with Crippen LogP contribution in [0.4, 0.5) is 5.69 Å². The van der Waals surface area contributed by atoms with Crippen LogP contribution in [-0.2, 0) is 4.74 Å². The summed E-state index contributed by atoms with van der Waals surface area (Å²) in [4.78, 5) is 30.4. The molecule has 0 spiro atoms. The van der Waals surface area contributed by atoms with Gasteiger partial charge in [-0.25, -0.2) is 14.8 Å². The number of hydrogen-bond donors (Lipinski definition) is 0. The highest BCUT2D eigenvalue weighted by atomic mass is 79.9. The van der Waals surface area contributed by atoms with Crippen molar-refractivity contribution in [2.75, 3.05) is 6.61 Å². The molecule has 120 valence electrons. The third-order valence-corrected chi connectivity index (χ3v) is 3.30. The van der Waals surface area contributed by atoms with E-state index in [1.807, 2.05) is 0 Å². The fourth-order valence-electron chi connectivity index (χ4n) is 1.75. The Morgan fingerprint density at radius 1 is 1.39 bits per heavy atom. The Balaban J connectivity index is 2.48. The number of esters is 1. The molecule has 2 aromatic rings. The number of nitro groups is 1. The predicted octanol–water partition coefficient (Wildman–Crippen LogP) is 3.42. The van der Waals surface area contributed by atoms with Crippen LogP contribution < -0.4 is 4.74 Å². The summed E-state index contributed by atoms with van der Waals surface area (Å²) in [6, 6.07) is 4.49. The quantitative estimate of drug-likeness (QED) is 0.338. The van der Waals surface area contributed by atoms with E-state index in [4.69, 9.17) is 9.47 Å². The molecular weight excluding hydrogens is 370 g/mol. The average Bonchev–Trinajstić information content (AvgIpc) is 2.50. The van der Waals surface area contributed by atoms with Crippen LogP contribution in [0.15, 0.2) is 29.0 Å². The van der Waals surface area contributed by atoms with E-state index >= 15 is 0 Å². The number of aromatic nitrogens is 2. The van der Waals surface area contributed by atoms with Crippen LogP contribution in [-0.4, -0.2) is 27.5 Å². The Labute approximate surface area is 139 Å². The molecule has 0 saturated carbocycles. The van der Waals surface area contributed by atoms with Crippen LogP contribution in [0, 0.1) is 17.0 Å². The SMILES string of the molecule is CCOC(=O)c1ccnc(Oc2ccc(C)nc2Br)c1[N+](=O)[O-]. The van der Waals surface area contributed by atoms with Crippen molar-refractivity contribution in [3.8, 4) is 11.6 Å². The van der Waals surface area contributed by atoms with Gasteiger partial charge in [-0.15, -0.1) is 0 Å². The number of ether oxygens (including phenoxy) is 2. The molecule has 0 N–H and O–H groups in total. The highest BCUT2D eigenvalue weighted by Gasteiger charge is 2.28. The van der Waals surface area contributed by atoms with E-state index in [0.717, 1.165) is 5.69 Å². The Morgan fingerprint density at radius 3 is 2.74 bits per heavy atom. The van der Waals surface area contributed by atoms with Gasteiger partial charge in [0.05, 0.1) is 11.5 Å². The van der Waals surface area contributed by atoms with Crippen molar-refractivity contribution in [1.29, 1.82) is 0 Å². The molecule has 23 heavy (non-hydrogen) atoms. The summed E-state index contributed by atoms with van der Waals surface area (Å²) in [6.07, 6.45) is 1.24. The number of hydrogen-bond acceptors (Lipinski definition) is 7. The second-order valence-electron chi connectivity index (χ2n) is 4.33. The average molecular weight is 382 g/mol. The molecule has 0 aliphatic rings. The van der Waals surface area contributed by atoms with Gasteiger partial charge in [0, 0.05) is 11.9 Å². The van der Waals surface area contributed by atoms with Gasteiger partial charge in [0.25, 0.3) is 0 Å². The zero-order valence-corrected chi connectivity index (χ0v) is 13.9. The third kappa shape index (κ3) is 3.81. The van der Waals surface area contributed by atoms with E-state index in [0.29, 0.717) is 4.60 Å². The summed E-state index contributed by atoms with van der Waals surface area (Å²) < 4.78 is 10.6. The first kappa shape index (κ1) is 16.8. The lowest BCUT2D eigenvalue weighted by Crippen LogP contribution is -2.09. The van der Waals surface area contributed by atoms with Crippen LogP contribution in [0.3, 0.4) is 0 Å². The number of carbonyl (C=O) groups is 1. The minimum absolute atomic E-state index is 0.0991. The zero-order chi connectivity index (χ0) is 17.0. The first-order valence-corrected chi connectivity index (χ1v) is 7.34. The summed E-state index contributed by atoms with van der Waals surface area (Å²) in [5, 5.41) is 11.3. The lowest BCUT2D eigenvalue weighted by molar-refractivity contribution is -0.386. The molecule has 2 rings (SSSR count). The van der Waals surface area contributed by atoms with Crippen LogP contribution >= 0.6 is 15.9 Å². The molecule has 0 radical (unpaired) electrons. The lowest BCUT2D eigenvalue weighted by Gasteiger charge is -2.09. The van der Waals surface area contributed by atoms with E-state index < -0.39 is 16.6 Å². The fraction of sp³-hybridized carbons (Fsp3) is 0.214. The fourth-order valence-corrected chi connectivity index (χ4v) is 2.24. The second kappa shape index (κ2) is 7.14. The minimum atomic E-state index is -0.812. The summed E-state index contributed by atoms with van der Waals surface area (Å²) in [5.74, 6) is -0.883. The van der Waals surface area contributed by atoms with Gasteiger partial charge in [0.1, 0.15) is 10.2 Å². The minimum Gasteiger partial charge on any atom is -0.462 e. The molecule has 0 aliphatic carbocycles. The summed E-state index contributed by atoms with van der Waals surface area (Å²) in [7, 11) is 0. The van der Waals surface area contributed by atoms with Gasteiger partial charge < -0.3 is 9.47 Å². The van der Waals surface area contributed by atoms with Crippen molar-refractivity contribution in [2.24, 2.45) is 0 Å². The van der Waals surface area contributed by atoms with E-state index in [2.05, 4.69) is 25.9 Å². The van der Waals surface area contributed by atoms with Gasteiger partial charge in [0.15, 0.2) is 5.75 Å². The number of carbonyl (C=O) groups excluding carboxylic acids is 1. The number of rotatable bonds is 5. The summed E-state index contributed by atoms with van der Waals surface area (Å²) in [5.41, 5.74) is -0.0385.